The van der Waals surface area contributed by atoms with Crippen LogP contribution in [0, 0.1) is 6.92 Å². The summed E-state index contributed by atoms with van der Waals surface area (Å²) < 4.78 is 10.4. The fourth-order valence-corrected chi connectivity index (χ4v) is 2.66. The van der Waals surface area contributed by atoms with Crippen molar-refractivity contribution in [1.29, 1.82) is 0 Å². The van der Waals surface area contributed by atoms with Crippen LogP contribution in [0.25, 0.3) is 11.4 Å². The van der Waals surface area contributed by atoms with Crippen LogP contribution in [0.3, 0.4) is 0 Å². The van der Waals surface area contributed by atoms with E-state index in [4.69, 9.17) is 9.26 Å². The topological polar surface area (TPSA) is 68.5 Å². The number of rotatable bonds is 7. The SMILES string of the molecule is COc1ccc(-c2noc(CN(C)C(=O)CCc3ccc(C)cc3)n2)cc1. The largest absolute Gasteiger partial charge is 0.497 e. The first kappa shape index (κ1) is 18.6. The Kier molecular flexibility index (Phi) is 5.86. The van der Waals surface area contributed by atoms with Gasteiger partial charge < -0.3 is 14.2 Å². The van der Waals surface area contributed by atoms with Crippen molar-refractivity contribution < 1.29 is 14.1 Å². The van der Waals surface area contributed by atoms with Crippen LogP contribution in [-0.4, -0.2) is 35.1 Å². The number of nitrogens with zero attached hydrogens (tertiary/aromatic N) is 3. The summed E-state index contributed by atoms with van der Waals surface area (Å²) in [7, 11) is 3.36. The fourth-order valence-electron chi connectivity index (χ4n) is 2.66. The van der Waals surface area contributed by atoms with Gasteiger partial charge in [0, 0.05) is 19.0 Å². The summed E-state index contributed by atoms with van der Waals surface area (Å²) in [6.07, 6.45) is 1.16. The molecule has 27 heavy (non-hydrogen) atoms. The van der Waals surface area contributed by atoms with Gasteiger partial charge in [-0.3, -0.25) is 4.79 Å². The molecule has 0 bridgehead atoms. The monoisotopic (exact) mass is 365 g/mol. The van der Waals surface area contributed by atoms with Gasteiger partial charge in [0.05, 0.1) is 13.7 Å². The molecular weight excluding hydrogens is 342 g/mol. The second-order valence-electron chi connectivity index (χ2n) is 6.48. The molecule has 0 fully saturated rings. The van der Waals surface area contributed by atoms with Crippen LogP contribution in [0.2, 0.25) is 0 Å². The van der Waals surface area contributed by atoms with Gasteiger partial charge in [0.1, 0.15) is 5.75 Å². The molecule has 0 spiro atoms. The van der Waals surface area contributed by atoms with E-state index in [-0.39, 0.29) is 12.5 Å². The highest BCUT2D eigenvalue weighted by molar-refractivity contribution is 5.76. The van der Waals surface area contributed by atoms with Crippen LogP contribution in [0.1, 0.15) is 23.4 Å². The van der Waals surface area contributed by atoms with Crippen molar-refractivity contribution in [3.8, 4) is 17.1 Å². The molecule has 1 aromatic heterocycles. The molecule has 140 valence electrons. The first-order valence-corrected chi connectivity index (χ1v) is 8.81. The van der Waals surface area contributed by atoms with E-state index in [1.54, 1.807) is 19.1 Å². The number of amides is 1. The van der Waals surface area contributed by atoms with E-state index in [1.807, 2.05) is 31.2 Å². The van der Waals surface area contributed by atoms with Crippen LogP contribution in [0.4, 0.5) is 0 Å². The standard InChI is InChI=1S/C21H23N3O3/c1-15-4-6-16(7-5-15)8-13-20(25)24(2)14-19-22-21(23-27-19)17-9-11-18(26-3)12-10-17/h4-7,9-12H,8,13-14H2,1-3H3. The Bertz CT molecular complexity index is 886. The summed E-state index contributed by atoms with van der Waals surface area (Å²) >= 11 is 0. The Labute approximate surface area is 158 Å². The minimum Gasteiger partial charge on any atom is -0.497 e. The molecule has 0 aliphatic heterocycles. The molecular formula is C21H23N3O3. The van der Waals surface area contributed by atoms with E-state index in [9.17, 15) is 4.79 Å². The maximum Gasteiger partial charge on any atom is 0.246 e. The van der Waals surface area contributed by atoms with Crippen LogP contribution in [0.5, 0.6) is 5.75 Å². The Hall–Kier alpha value is -3.15. The number of aromatic nitrogens is 2. The van der Waals surface area contributed by atoms with Gasteiger partial charge in [0.25, 0.3) is 0 Å². The first-order valence-electron chi connectivity index (χ1n) is 8.81. The lowest BCUT2D eigenvalue weighted by molar-refractivity contribution is -0.130. The van der Waals surface area contributed by atoms with Crippen LogP contribution < -0.4 is 4.74 Å². The quantitative estimate of drug-likeness (QED) is 0.639. The Morgan fingerprint density at radius 2 is 1.81 bits per heavy atom. The molecule has 3 aromatic rings. The average molecular weight is 365 g/mol. The minimum absolute atomic E-state index is 0.0415. The number of carbonyl (C=O) groups excluding carboxylic acids is 1. The van der Waals surface area contributed by atoms with Crippen molar-refractivity contribution in [2.75, 3.05) is 14.2 Å². The van der Waals surface area contributed by atoms with Crippen molar-refractivity contribution in [1.82, 2.24) is 15.0 Å². The number of methoxy groups -OCH3 is 1. The summed E-state index contributed by atoms with van der Waals surface area (Å²) in [5, 5.41) is 3.99. The zero-order chi connectivity index (χ0) is 19.2. The lowest BCUT2D eigenvalue weighted by Gasteiger charge is -2.14. The van der Waals surface area contributed by atoms with E-state index in [0.717, 1.165) is 16.9 Å². The third kappa shape index (κ3) is 4.94. The van der Waals surface area contributed by atoms with Crippen LogP contribution in [0.15, 0.2) is 53.1 Å². The van der Waals surface area contributed by atoms with Crippen LogP contribution in [-0.2, 0) is 17.8 Å². The van der Waals surface area contributed by atoms with E-state index < -0.39 is 0 Å². The van der Waals surface area contributed by atoms with Crippen molar-refractivity contribution in [2.24, 2.45) is 0 Å². The Morgan fingerprint density at radius 1 is 1.11 bits per heavy atom. The Balaban J connectivity index is 1.55. The number of ether oxygens (including phenoxy) is 1. The molecule has 3 rings (SSSR count). The lowest BCUT2D eigenvalue weighted by Crippen LogP contribution is -2.26. The van der Waals surface area contributed by atoms with E-state index in [1.165, 1.54) is 5.56 Å². The molecule has 6 nitrogen and oxygen atoms in total. The molecule has 0 saturated heterocycles. The van der Waals surface area contributed by atoms with E-state index in [0.29, 0.717) is 24.6 Å². The number of benzene rings is 2. The summed E-state index contributed by atoms with van der Waals surface area (Å²) in [5.41, 5.74) is 3.20. The molecule has 0 radical (unpaired) electrons. The maximum absolute atomic E-state index is 12.4. The summed E-state index contributed by atoms with van der Waals surface area (Å²) in [4.78, 5) is 18.3. The summed E-state index contributed by atoms with van der Waals surface area (Å²) in [5.74, 6) is 1.71. The van der Waals surface area contributed by atoms with Gasteiger partial charge in [-0.15, -0.1) is 0 Å². The number of hydrogen-bond acceptors (Lipinski definition) is 5. The normalized spacial score (nSPS) is 10.6. The van der Waals surface area contributed by atoms with Crippen molar-refractivity contribution in [3.63, 3.8) is 0 Å². The van der Waals surface area contributed by atoms with Gasteiger partial charge in [-0.25, -0.2) is 0 Å². The number of aryl methyl sites for hydroxylation is 2. The molecule has 6 heteroatoms. The first-order chi connectivity index (χ1) is 13.0. The molecule has 2 aromatic carbocycles. The van der Waals surface area contributed by atoms with Gasteiger partial charge in [-0.05, 0) is 43.2 Å². The highest BCUT2D eigenvalue weighted by Gasteiger charge is 2.15. The van der Waals surface area contributed by atoms with Gasteiger partial charge in [0.2, 0.25) is 17.6 Å². The molecule has 0 N–H and O–H groups in total. The molecule has 1 heterocycles. The number of carbonyl (C=O) groups is 1. The van der Waals surface area contributed by atoms with E-state index >= 15 is 0 Å². The molecule has 0 atom stereocenters. The van der Waals surface area contributed by atoms with Crippen LogP contribution >= 0.6 is 0 Å². The molecule has 0 aliphatic rings. The summed E-state index contributed by atoms with van der Waals surface area (Å²) in [6, 6.07) is 15.6. The van der Waals surface area contributed by atoms with Crippen molar-refractivity contribution in [3.05, 3.63) is 65.5 Å². The number of hydrogen-bond donors (Lipinski definition) is 0. The second kappa shape index (κ2) is 8.49. The minimum atomic E-state index is 0.0415. The van der Waals surface area contributed by atoms with E-state index in [2.05, 4.69) is 34.4 Å². The van der Waals surface area contributed by atoms with Crippen molar-refractivity contribution >= 4 is 5.91 Å². The average Bonchev–Trinajstić information content (AvgIpc) is 3.15. The predicted octanol–water partition coefficient (Wildman–Crippen LogP) is 3.64. The summed E-state index contributed by atoms with van der Waals surface area (Å²) in [6.45, 7) is 2.34. The third-order valence-electron chi connectivity index (χ3n) is 4.36. The van der Waals surface area contributed by atoms with Gasteiger partial charge in [0.15, 0.2) is 0 Å². The van der Waals surface area contributed by atoms with Gasteiger partial charge >= 0.3 is 0 Å². The molecule has 0 unspecified atom stereocenters. The smallest absolute Gasteiger partial charge is 0.246 e. The zero-order valence-corrected chi connectivity index (χ0v) is 15.8. The van der Waals surface area contributed by atoms with Crippen molar-refractivity contribution in [2.45, 2.75) is 26.3 Å². The molecule has 0 aliphatic carbocycles. The third-order valence-corrected chi connectivity index (χ3v) is 4.36. The maximum atomic E-state index is 12.4. The Morgan fingerprint density at radius 3 is 2.48 bits per heavy atom. The predicted molar refractivity (Wildman–Crippen MR) is 102 cm³/mol. The highest BCUT2D eigenvalue weighted by atomic mass is 16.5. The lowest BCUT2D eigenvalue weighted by atomic mass is 10.1. The highest BCUT2D eigenvalue weighted by Crippen LogP contribution is 2.20. The molecule has 1 amide bonds. The van der Waals surface area contributed by atoms with Gasteiger partial charge in [-0.2, -0.15) is 4.98 Å². The fraction of sp³-hybridized carbons (Fsp3) is 0.286. The second-order valence-corrected chi connectivity index (χ2v) is 6.48. The molecule has 0 saturated carbocycles. The zero-order valence-electron chi connectivity index (χ0n) is 15.8. The van der Waals surface area contributed by atoms with Gasteiger partial charge in [-0.1, -0.05) is 35.0 Å².